The molecular weight excluding hydrogens is 188 g/mol. The molecule has 0 bridgehead atoms. The zero-order chi connectivity index (χ0) is 10.8. The molecule has 0 amide bonds. The van der Waals surface area contributed by atoms with E-state index in [-0.39, 0.29) is 5.41 Å². The van der Waals surface area contributed by atoms with Crippen molar-refractivity contribution in [1.29, 1.82) is 0 Å². The Morgan fingerprint density at radius 3 is 2.14 bits per heavy atom. The summed E-state index contributed by atoms with van der Waals surface area (Å²) in [5, 5.41) is 1.41. The van der Waals surface area contributed by atoms with Gasteiger partial charge in [0.15, 0.2) is 8.07 Å². The van der Waals surface area contributed by atoms with Crippen LogP contribution in [0.25, 0.3) is 0 Å². The van der Waals surface area contributed by atoms with Gasteiger partial charge in [0.1, 0.15) is 5.41 Å². The van der Waals surface area contributed by atoms with Crippen molar-refractivity contribution in [3.63, 3.8) is 0 Å². The molecule has 0 aliphatic rings. The quantitative estimate of drug-likeness (QED) is 0.545. The Balaban J connectivity index is 3.08. The van der Waals surface area contributed by atoms with Crippen molar-refractivity contribution in [3.8, 4) is 0 Å². The van der Waals surface area contributed by atoms with Gasteiger partial charge in [-0.2, -0.15) is 0 Å². The minimum absolute atomic E-state index is 0.240. The third kappa shape index (κ3) is 2.01. The zero-order valence-electron chi connectivity index (χ0n) is 9.00. The maximum atomic E-state index is 11.9. The van der Waals surface area contributed by atoms with Crippen molar-refractivity contribution < 1.29 is 4.79 Å². The van der Waals surface area contributed by atoms with E-state index >= 15 is 0 Å². The fourth-order valence-electron chi connectivity index (χ4n) is 1.52. The first-order valence-electron chi connectivity index (χ1n) is 4.72. The molecule has 14 heavy (non-hydrogen) atoms. The summed E-state index contributed by atoms with van der Waals surface area (Å²) in [6.45, 7) is 9.66. The van der Waals surface area contributed by atoms with Crippen LogP contribution in [0.1, 0.15) is 6.92 Å². The number of hydrogen-bond acceptors (Lipinski definition) is 1. The van der Waals surface area contributed by atoms with E-state index in [1.54, 1.807) is 6.92 Å². The van der Waals surface area contributed by atoms with Crippen molar-refractivity contribution in [3.05, 3.63) is 42.5 Å². The number of rotatable bonds is 3. The van der Waals surface area contributed by atoms with Crippen LogP contribution in [0.4, 0.5) is 0 Å². The lowest BCUT2D eigenvalue weighted by Gasteiger charge is -2.20. The van der Waals surface area contributed by atoms with E-state index in [0.29, 0.717) is 5.57 Å². The molecule has 0 spiro atoms. The van der Waals surface area contributed by atoms with Crippen molar-refractivity contribution >= 4 is 18.7 Å². The Kier molecular flexibility index (Phi) is 3.06. The largest absolute Gasteiger partial charge is 0.300 e. The molecule has 1 rings (SSSR count). The van der Waals surface area contributed by atoms with Gasteiger partial charge >= 0.3 is 0 Å². The van der Waals surface area contributed by atoms with Crippen LogP contribution >= 0.6 is 0 Å². The zero-order valence-corrected chi connectivity index (χ0v) is 10.0. The van der Waals surface area contributed by atoms with Gasteiger partial charge < -0.3 is 4.79 Å². The molecule has 1 aromatic rings. The average molecular weight is 204 g/mol. The monoisotopic (exact) mass is 204 g/mol. The smallest absolute Gasteiger partial charge is 0.163 e. The van der Waals surface area contributed by atoms with Crippen LogP contribution < -0.4 is 5.19 Å². The van der Waals surface area contributed by atoms with Crippen LogP contribution in [0, 0.1) is 0 Å². The van der Waals surface area contributed by atoms with Gasteiger partial charge in [0, 0.05) is 0 Å². The van der Waals surface area contributed by atoms with Crippen LogP contribution in [-0.2, 0) is 4.79 Å². The number of carbonyl (C=O) groups is 1. The molecule has 0 radical (unpaired) electrons. The highest BCUT2D eigenvalue weighted by Crippen LogP contribution is 2.09. The number of benzene rings is 1. The van der Waals surface area contributed by atoms with Crippen LogP contribution in [-0.4, -0.2) is 13.5 Å². The molecule has 0 aromatic heterocycles. The molecule has 0 atom stereocenters. The third-order valence-corrected chi connectivity index (χ3v) is 5.79. The van der Waals surface area contributed by atoms with Crippen molar-refractivity contribution in [2.45, 2.75) is 20.0 Å². The first kappa shape index (κ1) is 10.9. The topological polar surface area (TPSA) is 17.1 Å². The Bertz CT molecular complexity index is 352. The minimum atomic E-state index is -1.98. The molecule has 1 aromatic carbocycles. The van der Waals surface area contributed by atoms with Gasteiger partial charge in [0.25, 0.3) is 0 Å². The summed E-state index contributed by atoms with van der Waals surface area (Å²) in [6.07, 6.45) is 0. The van der Waals surface area contributed by atoms with E-state index in [2.05, 4.69) is 19.7 Å². The molecule has 0 aliphatic heterocycles. The summed E-state index contributed by atoms with van der Waals surface area (Å²) in [5.41, 5.74) is 0.672. The van der Waals surface area contributed by atoms with Crippen LogP contribution in [0.15, 0.2) is 42.5 Å². The molecule has 0 heterocycles. The molecule has 0 aliphatic carbocycles. The average Bonchev–Trinajstić information content (AvgIpc) is 2.18. The maximum absolute atomic E-state index is 11.9. The van der Waals surface area contributed by atoms with E-state index in [1.807, 2.05) is 30.3 Å². The summed E-state index contributed by atoms with van der Waals surface area (Å²) in [7, 11) is -1.98. The van der Waals surface area contributed by atoms with Gasteiger partial charge in [-0.15, -0.1) is 0 Å². The summed E-state index contributed by atoms with van der Waals surface area (Å²) in [4.78, 5) is 11.9. The SMILES string of the molecule is C=C(C)C(=O)[Si](C)(C)c1ccccc1. The highest BCUT2D eigenvalue weighted by atomic mass is 28.3. The van der Waals surface area contributed by atoms with E-state index in [4.69, 9.17) is 0 Å². The molecule has 0 fully saturated rings. The van der Waals surface area contributed by atoms with E-state index in [9.17, 15) is 4.79 Å². The number of carbonyl (C=O) groups excluding carboxylic acids is 1. The molecule has 0 saturated heterocycles. The first-order chi connectivity index (χ1) is 6.46. The Morgan fingerprint density at radius 2 is 1.71 bits per heavy atom. The van der Waals surface area contributed by atoms with Gasteiger partial charge in [0.05, 0.1) is 0 Å². The number of hydrogen-bond donors (Lipinski definition) is 0. The second kappa shape index (κ2) is 3.92. The molecule has 2 heteroatoms. The summed E-state index contributed by atoms with van der Waals surface area (Å²) in [5.74, 6) is 0. The Hall–Kier alpha value is -1.15. The van der Waals surface area contributed by atoms with Gasteiger partial charge in [-0.25, -0.2) is 0 Å². The highest BCUT2D eigenvalue weighted by Gasteiger charge is 2.32. The van der Waals surface area contributed by atoms with Gasteiger partial charge in [0.2, 0.25) is 0 Å². The predicted octanol–water partition coefficient (Wildman–Crippen LogP) is 2.29. The molecule has 0 N–H and O–H groups in total. The molecule has 0 saturated carbocycles. The van der Waals surface area contributed by atoms with Crippen molar-refractivity contribution in [2.75, 3.05) is 0 Å². The lowest BCUT2D eigenvalue weighted by Crippen LogP contribution is -2.50. The lowest BCUT2D eigenvalue weighted by molar-refractivity contribution is -0.109. The van der Waals surface area contributed by atoms with Crippen LogP contribution in [0.2, 0.25) is 13.1 Å². The summed E-state index contributed by atoms with van der Waals surface area (Å²) >= 11 is 0. The fraction of sp³-hybridized carbons (Fsp3) is 0.250. The van der Waals surface area contributed by atoms with E-state index < -0.39 is 8.07 Å². The normalized spacial score (nSPS) is 11.1. The van der Waals surface area contributed by atoms with Gasteiger partial charge in [-0.05, 0) is 12.5 Å². The third-order valence-electron chi connectivity index (χ3n) is 2.45. The second-order valence-corrected chi connectivity index (χ2v) is 8.38. The molecule has 1 nitrogen and oxygen atoms in total. The highest BCUT2D eigenvalue weighted by molar-refractivity contribution is 7.14. The maximum Gasteiger partial charge on any atom is 0.163 e. The second-order valence-electron chi connectivity index (χ2n) is 4.10. The molecule has 74 valence electrons. The molecule has 0 unspecified atom stereocenters. The van der Waals surface area contributed by atoms with Gasteiger partial charge in [-0.3, -0.25) is 0 Å². The summed E-state index contributed by atoms with van der Waals surface area (Å²) < 4.78 is 0. The standard InChI is InChI=1S/C12H16OSi/c1-10(2)12(13)14(3,4)11-8-6-5-7-9-11/h5-9H,1H2,2-4H3. The van der Waals surface area contributed by atoms with Crippen LogP contribution in [0.5, 0.6) is 0 Å². The predicted molar refractivity (Wildman–Crippen MR) is 63.4 cm³/mol. The Morgan fingerprint density at radius 1 is 1.21 bits per heavy atom. The minimum Gasteiger partial charge on any atom is -0.300 e. The van der Waals surface area contributed by atoms with Crippen LogP contribution in [0.3, 0.4) is 0 Å². The van der Waals surface area contributed by atoms with E-state index in [1.165, 1.54) is 5.19 Å². The van der Waals surface area contributed by atoms with Crippen molar-refractivity contribution in [1.82, 2.24) is 0 Å². The lowest BCUT2D eigenvalue weighted by atomic mass is 10.4. The van der Waals surface area contributed by atoms with E-state index in [0.717, 1.165) is 0 Å². The number of allylic oxidation sites excluding steroid dienone is 1. The molecular formula is C12H16OSi. The Labute approximate surface area is 86.5 Å². The fourth-order valence-corrected chi connectivity index (χ4v) is 3.87. The first-order valence-corrected chi connectivity index (χ1v) is 7.72. The van der Waals surface area contributed by atoms with Gasteiger partial charge in [-0.1, -0.05) is 55.2 Å². The van der Waals surface area contributed by atoms with Crippen molar-refractivity contribution in [2.24, 2.45) is 0 Å². The summed E-state index contributed by atoms with van der Waals surface area (Å²) in [6, 6.07) is 10.0.